The van der Waals surface area contributed by atoms with E-state index in [0.29, 0.717) is 11.7 Å². The van der Waals surface area contributed by atoms with E-state index in [-0.39, 0.29) is 0 Å². The third-order valence-corrected chi connectivity index (χ3v) is 4.93. The molecule has 1 aromatic rings. The fourth-order valence-electron chi connectivity index (χ4n) is 3.38. The van der Waals surface area contributed by atoms with Gasteiger partial charge in [0, 0.05) is 0 Å². The lowest BCUT2D eigenvalue weighted by Gasteiger charge is -2.17. The van der Waals surface area contributed by atoms with Gasteiger partial charge in [-0.25, -0.2) is 0 Å². The molecule has 1 rings (SSSR count). The smallest absolute Gasteiger partial charge is 0.115 e. The monoisotopic (exact) mass is 318 g/mol. The van der Waals surface area contributed by atoms with Gasteiger partial charge in [-0.1, -0.05) is 96.6 Å². The first kappa shape index (κ1) is 20.1. The summed E-state index contributed by atoms with van der Waals surface area (Å²) in [6.45, 7) is 4.55. The van der Waals surface area contributed by atoms with Gasteiger partial charge in [0.05, 0.1) is 0 Å². The van der Waals surface area contributed by atoms with Crippen LogP contribution in [0.5, 0.6) is 5.75 Å². The molecule has 1 aromatic carbocycles. The van der Waals surface area contributed by atoms with E-state index < -0.39 is 0 Å². The second-order valence-electron chi connectivity index (χ2n) is 7.05. The fourth-order valence-corrected chi connectivity index (χ4v) is 3.38. The normalized spacial score (nSPS) is 12.4. The molecule has 23 heavy (non-hydrogen) atoms. The summed E-state index contributed by atoms with van der Waals surface area (Å²) < 4.78 is 0. The molecular weight excluding hydrogens is 280 g/mol. The summed E-state index contributed by atoms with van der Waals surface area (Å²) >= 11 is 0. The van der Waals surface area contributed by atoms with E-state index in [1.165, 1.54) is 89.0 Å². The molecule has 0 aliphatic carbocycles. The lowest BCUT2D eigenvalue weighted by Crippen LogP contribution is -1.99. The van der Waals surface area contributed by atoms with Gasteiger partial charge in [-0.3, -0.25) is 0 Å². The summed E-state index contributed by atoms with van der Waals surface area (Å²) in [5.41, 5.74) is 1.41. The standard InChI is InChI=1S/C22H38O/c1-3-5-7-8-9-10-11-12-13-15-20(14-6-4-2)21-16-18-22(23)19-17-21/h16-20,23H,3-15H2,1-2H3. The molecule has 0 bridgehead atoms. The SMILES string of the molecule is CCCCCCCCCCCC(CCCC)c1ccc(O)cc1. The molecule has 1 atom stereocenters. The van der Waals surface area contributed by atoms with Gasteiger partial charge in [0.1, 0.15) is 5.75 Å². The minimum atomic E-state index is 0.381. The summed E-state index contributed by atoms with van der Waals surface area (Å²) in [6.07, 6.45) is 17.8. The molecular formula is C22H38O. The number of hydrogen-bond acceptors (Lipinski definition) is 1. The Labute approximate surface area is 144 Å². The maximum atomic E-state index is 9.47. The van der Waals surface area contributed by atoms with Crippen LogP contribution in [0.3, 0.4) is 0 Å². The molecule has 0 saturated carbocycles. The molecule has 0 aliphatic rings. The van der Waals surface area contributed by atoms with E-state index >= 15 is 0 Å². The molecule has 1 heteroatoms. The van der Waals surface area contributed by atoms with E-state index in [4.69, 9.17) is 0 Å². The third-order valence-electron chi connectivity index (χ3n) is 4.93. The molecule has 0 saturated heterocycles. The second kappa shape index (κ2) is 13.5. The van der Waals surface area contributed by atoms with Crippen molar-refractivity contribution in [3.05, 3.63) is 29.8 Å². The molecule has 0 heterocycles. The van der Waals surface area contributed by atoms with Crippen LogP contribution in [-0.2, 0) is 0 Å². The first-order valence-electron chi connectivity index (χ1n) is 10.1. The van der Waals surface area contributed by atoms with Crippen molar-refractivity contribution in [3.63, 3.8) is 0 Å². The van der Waals surface area contributed by atoms with Crippen molar-refractivity contribution in [2.45, 2.75) is 103 Å². The number of aromatic hydroxyl groups is 1. The van der Waals surface area contributed by atoms with Crippen molar-refractivity contribution in [3.8, 4) is 5.75 Å². The number of phenols is 1. The Kier molecular flexibility index (Phi) is 11.7. The molecule has 0 spiro atoms. The number of rotatable bonds is 14. The minimum absolute atomic E-state index is 0.381. The van der Waals surface area contributed by atoms with Crippen molar-refractivity contribution in [2.24, 2.45) is 0 Å². The Hall–Kier alpha value is -0.980. The van der Waals surface area contributed by atoms with E-state index in [2.05, 4.69) is 26.0 Å². The largest absolute Gasteiger partial charge is 0.508 e. The maximum Gasteiger partial charge on any atom is 0.115 e. The van der Waals surface area contributed by atoms with Crippen LogP contribution in [0.25, 0.3) is 0 Å². The van der Waals surface area contributed by atoms with Crippen molar-refractivity contribution in [2.75, 3.05) is 0 Å². The van der Waals surface area contributed by atoms with Crippen LogP contribution in [-0.4, -0.2) is 5.11 Å². The quantitative estimate of drug-likeness (QED) is 0.350. The van der Waals surface area contributed by atoms with Crippen molar-refractivity contribution >= 4 is 0 Å². The van der Waals surface area contributed by atoms with E-state index in [1.54, 1.807) is 0 Å². The Morgan fingerprint density at radius 1 is 0.652 bits per heavy atom. The van der Waals surface area contributed by atoms with Crippen LogP contribution in [0.4, 0.5) is 0 Å². The van der Waals surface area contributed by atoms with Gasteiger partial charge in [0.2, 0.25) is 0 Å². The number of phenolic OH excluding ortho intramolecular Hbond substituents is 1. The highest BCUT2D eigenvalue weighted by Gasteiger charge is 2.10. The molecule has 132 valence electrons. The maximum absolute atomic E-state index is 9.47. The second-order valence-corrected chi connectivity index (χ2v) is 7.05. The van der Waals surface area contributed by atoms with Gasteiger partial charge >= 0.3 is 0 Å². The third kappa shape index (κ3) is 9.69. The van der Waals surface area contributed by atoms with Crippen molar-refractivity contribution in [1.82, 2.24) is 0 Å². The molecule has 0 amide bonds. The van der Waals surface area contributed by atoms with Crippen LogP contribution in [0.15, 0.2) is 24.3 Å². The Morgan fingerprint density at radius 3 is 1.70 bits per heavy atom. The molecule has 1 N–H and O–H groups in total. The highest BCUT2D eigenvalue weighted by molar-refractivity contribution is 5.28. The molecule has 0 radical (unpaired) electrons. The number of unbranched alkanes of at least 4 members (excludes halogenated alkanes) is 9. The fraction of sp³-hybridized carbons (Fsp3) is 0.727. The van der Waals surface area contributed by atoms with Gasteiger partial charge in [0.15, 0.2) is 0 Å². The van der Waals surface area contributed by atoms with E-state index in [1.807, 2.05) is 12.1 Å². The Balaban J connectivity index is 2.20. The molecule has 0 aromatic heterocycles. The number of benzene rings is 1. The lowest BCUT2D eigenvalue weighted by molar-refractivity contribution is 0.472. The average Bonchev–Trinajstić information content (AvgIpc) is 2.57. The first-order chi connectivity index (χ1) is 11.3. The summed E-state index contributed by atoms with van der Waals surface area (Å²) in [5, 5.41) is 9.47. The highest BCUT2D eigenvalue weighted by atomic mass is 16.3. The van der Waals surface area contributed by atoms with Crippen LogP contribution in [0, 0.1) is 0 Å². The predicted octanol–water partition coefficient (Wildman–Crippen LogP) is 7.59. The van der Waals surface area contributed by atoms with Crippen molar-refractivity contribution < 1.29 is 5.11 Å². The molecule has 1 unspecified atom stereocenters. The van der Waals surface area contributed by atoms with Crippen LogP contribution in [0.1, 0.15) is 109 Å². The van der Waals surface area contributed by atoms with Gasteiger partial charge < -0.3 is 5.11 Å². The van der Waals surface area contributed by atoms with Gasteiger partial charge in [0.25, 0.3) is 0 Å². The lowest BCUT2D eigenvalue weighted by atomic mass is 9.88. The summed E-state index contributed by atoms with van der Waals surface area (Å²) in [6, 6.07) is 7.90. The van der Waals surface area contributed by atoms with Crippen LogP contribution in [0.2, 0.25) is 0 Å². The number of hydrogen-bond donors (Lipinski definition) is 1. The summed E-state index contributed by atoms with van der Waals surface area (Å²) in [4.78, 5) is 0. The summed E-state index contributed by atoms with van der Waals surface area (Å²) in [7, 11) is 0. The molecule has 1 nitrogen and oxygen atoms in total. The predicted molar refractivity (Wildman–Crippen MR) is 102 cm³/mol. The van der Waals surface area contributed by atoms with Gasteiger partial charge in [-0.05, 0) is 36.5 Å². The Morgan fingerprint density at radius 2 is 1.13 bits per heavy atom. The zero-order valence-corrected chi connectivity index (χ0v) is 15.5. The molecule has 0 aliphatic heterocycles. The van der Waals surface area contributed by atoms with E-state index in [0.717, 1.165) is 0 Å². The highest BCUT2D eigenvalue weighted by Crippen LogP contribution is 2.29. The zero-order chi connectivity index (χ0) is 16.8. The van der Waals surface area contributed by atoms with Gasteiger partial charge in [-0.2, -0.15) is 0 Å². The van der Waals surface area contributed by atoms with Crippen LogP contribution < -0.4 is 0 Å². The zero-order valence-electron chi connectivity index (χ0n) is 15.5. The van der Waals surface area contributed by atoms with Crippen LogP contribution >= 0.6 is 0 Å². The topological polar surface area (TPSA) is 20.2 Å². The molecule has 0 fully saturated rings. The Bertz CT molecular complexity index is 368. The van der Waals surface area contributed by atoms with Crippen molar-refractivity contribution in [1.29, 1.82) is 0 Å². The minimum Gasteiger partial charge on any atom is -0.508 e. The average molecular weight is 319 g/mol. The summed E-state index contributed by atoms with van der Waals surface area (Å²) in [5.74, 6) is 1.06. The first-order valence-corrected chi connectivity index (χ1v) is 10.1. The van der Waals surface area contributed by atoms with Gasteiger partial charge in [-0.15, -0.1) is 0 Å². The van der Waals surface area contributed by atoms with E-state index in [9.17, 15) is 5.11 Å².